The van der Waals surface area contributed by atoms with E-state index in [-0.39, 0.29) is 5.91 Å². The summed E-state index contributed by atoms with van der Waals surface area (Å²) in [5.74, 6) is 0.813. The number of likely N-dealkylation sites (tertiary alicyclic amines) is 1. The number of aryl methyl sites for hydroxylation is 1. The molecule has 1 amide bonds. The summed E-state index contributed by atoms with van der Waals surface area (Å²) >= 11 is 5.93. The lowest BCUT2D eigenvalue weighted by atomic mass is 9.90. The van der Waals surface area contributed by atoms with Crippen molar-refractivity contribution in [3.05, 3.63) is 70.2 Å². The van der Waals surface area contributed by atoms with E-state index in [0.717, 1.165) is 42.9 Å². The van der Waals surface area contributed by atoms with Crippen LogP contribution in [0.25, 0.3) is 0 Å². The van der Waals surface area contributed by atoms with Gasteiger partial charge in [-0.15, -0.1) is 0 Å². The van der Waals surface area contributed by atoms with Crippen molar-refractivity contribution in [2.45, 2.75) is 26.2 Å². The molecule has 120 valence electrons. The molecule has 0 N–H and O–H groups in total. The molecule has 3 heteroatoms. The SMILES string of the molecule is Cc1ccc(C(=O)N2CCC(Cc3ccc(Cl)cc3)CC2)cc1. The lowest BCUT2D eigenvalue weighted by Gasteiger charge is -2.32. The predicted octanol–water partition coefficient (Wildman–Crippen LogP) is 4.74. The summed E-state index contributed by atoms with van der Waals surface area (Å²) in [4.78, 5) is 14.5. The minimum atomic E-state index is 0.162. The van der Waals surface area contributed by atoms with Gasteiger partial charge in [-0.1, -0.05) is 41.4 Å². The van der Waals surface area contributed by atoms with Crippen molar-refractivity contribution < 1.29 is 4.79 Å². The van der Waals surface area contributed by atoms with Gasteiger partial charge in [0.05, 0.1) is 0 Å². The second kappa shape index (κ2) is 7.18. The molecule has 0 saturated carbocycles. The summed E-state index contributed by atoms with van der Waals surface area (Å²) in [5, 5.41) is 0.785. The first-order valence-electron chi connectivity index (χ1n) is 8.22. The minimum Gasteiger partial charge on any atom is -0.339 e. The maximum atomic E-state index is 12.5. The zero-order valence-electron chi connectivity index (χ0n) is 13.5. The second-order valence-corrected chi connectivity index (χ2v) is 6.87. The van der Waals surface area contributed by atoms with Crippen molar-refractivity contribution in [1.82, 2.24) is 4.90 Å². The van der Waals surface area contributed by atoms with Gasteiger partial charge in [-0.25, -0.2) is 0 Å². The molecule has 1 heterocycles. The highest BCUT2D eigenvalue weighted by Crippen LogP contribution is 2.23. The van der Waals surface area contributed by atoms with Crippen LogP contribution in [0.1, 0.15) is 34.3 Å². The molecule has 0 bridgehead atoms. The first-order chi connectivity index (χ1) is 11.1. The topological polar surface area (TPSA) is 20.3 Å². The normalized spacial score (nSPS) is 15.7. The third-order valence-electron chi connectivity index (χ3n) is 4.64. The third-order valence-corrected chi connectivity index (χ3v) is 4.89. The van der Waals surface area contributed by atoms with Crippen molar-refractivity contribution in [3.8, 4) is 0 Å². The molecule has 1 aliphatic heterocycles. The van der Waals surface area contributed by atoms with E-state index in [1.54, 1.807) is 0 Å². The van der Waals surface area contributed by atoms with Crippen LogP contribution in [0.3, 0.4) is 0 Å². The van der Waals surface area contributed by atoms with Crippen molar-refractivity contribution in [2.75, 3.05) is 13.1 Å². The summed E-state index contributed by atoms with van der Waals surface area (Å²) in [5.41, 5.74) is 3.31. The zero-order chi connectivity index (χ0) is 16.2. The molecular formula is C20H22ClNO. The molecule has 0 atom stereocenters. The lowest BCUT2D eigenvalue weighted by Crippen LogP contribution is -2.38. The second-order valence-electron chi connectivity index (χ2n) is 6.43. The highest BCUT2D eigenvalue weighted by molar-refractivity contribution is 6.30. The molecule has 2 nitrogen and oxygen atoms in total. The molecule has 2 aromatic carbocycles. The Kier molecular flexibility index (Phi) is 5.02. The van der Waals surface area contributed by atoms with Crippen LogP contribution in [0.2, 0.25) is 5.02 Å². The van der Waals surface area contributed by atoms with Crippen LogP contribution in [0.5, 0.6) is 0 Å². The number of nitrogens with zero attached hydrogens (tertiary/aromatic N) is 1. The summed E-state index contributed by atoms with van der Waals surface area (Å²) < 4.78 is 0. The quantitative estimate of drug-likeness (QED) is 0.797. The number of hydrogen-bond acceptors (Lipinski definition) is 1. The molecule has 0 unspecified atom stereocenters. The average molecular weight is 328 g/mol. The van der Waals surface area contributed by atoms with Crippen molar-refractivity contribution in [2.24, 2.45) is 5.92 Å². The van der Waals surface area contributed by atoms with Gasteiger partial charge in [0.1, 0.15) is 0 Å². The van der Waals surface area contributed by atoms with E-state index in [0.29, 0.717) is 5.92 Å². The lowest BCUT2D eigenvalue weighted by molar-refractivity contribution is 0.0690. The molecule has 3 rings (SSSR count). The third kappa shape index (κ3) is 4.14. The van der Waals surface area contributed by atoms with Crippen LogP contribution in [0.15, 0.2) is 48.5 Å². The summed E-state index contributed by atoms with van der Waals surface area (Å²) in [6.07, 6.45) is 3.21. The highest BCUT2D eigenvalue weighted by Gasteiger charge is 2.23. The molecule has 0 aromatic heterocycles. The number of halogens is 1. The molecule has 0 radical (unpaired) electrons. The first kappa shape index (κ1) is 16.1. The van der Waals surface area contributed by atoms with Gasteiger partial charge in [0.2, 0.25) is 0 Å². The van der Waals surface area contributed by atoms with Crippen molar-refractivity contribution in [3.63, 3.8) is 0 Å². The van der Waals surface area contributed by atoms with Gasteiger partial charge in [0.15, 0.2) is 0 Å². The minimum absolute atomic E-state index is 0.162. The van der Waals surface area contributed by atoms with Gasteiger partial charge < -0.3 is 4.90 Å². The van der Waals surface area contributed by atoms with Gasteiger partial charge >= 0.3 is 0 Å². The maximum Gasteiger partial charge on any atom is 0.253 e. The Morgan fingerprint density at radius 2 is 1.65 bits per heavy atom. The standard InChI is InChI=1S/C20H22ClNO/c1-15-2-6-18(7-3-15)20(23)22-12-10-17(11-13-22)14-16-4-8-19(21)9-5-16/h2-9,17H,10-14H2,1H3. The van der Waals surface area contributed by atoms with Crippen molar-refractivity contribution >= 4 is 17.5 Å². The van der Waals surface area contributed by atoms with E-state index in [1.807, 2.05) is 48.2 Å². The zero-order valence-corrected chi connectivity index (χ0v) is 14.2. The molecule has 1 saturated heterocycles. The number of hydrogen-bond donors (Lipinski definition) is 0. The summed E-state index contributed by atoms with van der Waals surface area (Å²) in [6.45, 7) is 3.74. The molecule has 1 aliphatic rings. The maximum absolute atomic E-state index is 12.5. The van der Waals surface area contributed by atoms with Crippen LogP contribution in [-0.4, -0.2) is 23.9 Å². The first-order valence-corrected chi connectivity index (χ1v) is 8.60. The number of rotatable bonds is 3. The highest BCUT2D eigenvalue weighted by atomic mass is 35.5. The number of piperidine rings is 1. The van der Waals surface area contributed by atoms with E-state index in [9.17, 15) is 4.79 Å². The fourth-order valence-corrected chi connectivity index (χ4v) is 3.30. The Bertz CT molecular complexity index is 655. The van der Waals surface area contributed by atoms with E-state index < -0.39 is 0 Å². The number of carbonyl (C=O) groups is 1. The van der Waals surface area contributed by atoms with E-state index in [2.05, 4.69) is 12.1 Å². The van der Waals surface area contributed by atoms with Crippen LogP contribution in [0, 0.1) is 12.8 Å². The Hall–Kier alpha value is -1.80. The molecule has 2 aromatic rings. The van der Waals surface area contributed by atoms with E-state index in [1.165, 1.54) is 11.1 Å². The molecule has 1 fully saturated rings. The fourth-order valence-electron chi connectivity index (χ4n) is 3.17. The Morgan fingerprint density at radius 3 is 2.26 bits per heavy atom. The van der Waals surface area contributed by atoms with Gasteiger partial charge in [-0.3, -0.25) is 4.79 Å². The Labute approximate surface area is 143 Å². The summed E-state index contributed by atoms with van der Waals surface area (Å²) in [6, 6.07) is 16.0. The largest absolute Gasteiger partial charge is 0.339 e. The number of carbonyl (C=O) groups excluding carboxylic acids is 1. The molecule has 0 aliphatic carbocycles. The van der Waals surface area contributed by atoms with Crippen LogP contribution in [-0.2, 0) is 6.42 Å². The van der Waals surface area contributed by atoms with E-state index in [4.69, 9.17) is 11.6 Å². The average Bonchev–Trinajstić information content (AvgIpc) is 2.58. The number of amides is 1. The van der Waals surface area contributed by atoms with Gasteiger partial charge in [0.25, 0.3) is 5.91 Å². The molecular weight excluding hydrogens is 306 g/mol. The van der Waals surface area contributed by atoms with Crippen molar-refractivity contribution in [1.29, 1.82) is 0 Å². The van der Waals surface area contributed by atoms with Crippen LogP contribution < -0.4 is 0 Å². The van der Waals surface area contributed by atoms with Crippen LogP contribution >= 0.6 is 11.6 Å². The number of benzene rings is 2. The van der Waals surface area contributed by atoms with Gasteiger partial charge in [0, 0.05) is 23.7 Å². The Balaban J connectivity index is 1.54. The smallest absolute Gasteiger partial charge is 0.253 e. The van der Waals surface area contributed by atoms with E-state index >= 15 is 0 Å². The molecule has 0 spiro atoms. The van der Waals surface area contributed by atoms with Crippen LogP contribution in [0.4, 0.5) is 0 Å². The molecule has 23 heavy (non-hydrogen) atoms. The monoisotopic (exact) mass is 327 g/mol. The fraction of sp³-hybridized carbons (Fsp3) is 0.350. The summed E-state index contributed by atoms with van der Waals surface area (Å²) in [7, 11) is 0. The Morgan fingerprint density at radius 1 is 1.04 bits per heavy atom. The predicted molar refractivity (Wildman–Crippen MR) is 95.0 cm³/mol. The van der Waals surface area contributed by atoms with Gasteiger partial charge in [-0.05, 0) is 61.9 Å². The van der Waals surface area contributed by atoms with Gasteiger partial charge in [-0.2, -0.15) is 0 Å².